The van der Waals surface area contributed by atoms with Crippen LogP contribution in [0.15, 0.2) is 58.7 Å². The van der Waals surface area contributed by atoms with E-state index in [2.05, 4.69) is 73.8 Å². The number of amidine groups is 1. The molecule has 3 aromatic rings. The highest BCUT2D eigenvalue weighted by Crippen LogP contribution is 2.33. The first-order valence-corrected chi connectivity index (χ1v) is 14.1. The largest absolute Gasteiger partial charge is 0.378 e. The third kappa shape index (κ3) is 5.18. The second-order valence-electron chi connectivity index (χ2n) is 10.1. The Hall–Kier alpha value is -3.27. The van der Waals surface area contributed by atoms with E-state index < -0.39 is 0 Å². The van der Waals surface area contributed by atoms with Crippen molar-refractivity contribution in [2.75, 3.05) is 57.4 Å². The number of nitrogens with zero attached hydrogens (tertiary/aromatic N) is 6. The highest BCUT2D eigenvalue weighted by atomic mass is 32.2. The summed E-state index contributed by atoms with van der Waals surface area (Å²) < 4.78 is 5.42. The van der Waals surface area contributed by atoms with Gasteiger partial charge in [0.2, 0.25) is 0 Å². The van der Waals surface area contributed by atoms with Gasteiger partial charge in [-0.25, -0.2) is 9.97 Å². The molecule has 9 heteroatoms. The third-order valence-electron chi connectivity index (χ3n) is 7.40. The Labute approximate surface area is 227 Å². The van der Waals surface area contributed by atoms with E-state index in [1.54, 1.807) is 6.33 Å². The van der Waals surface area contributed by atoms with Crippen LogP contribution in [0, 0.1) is 0 Å². The second kappa shape index (κ2) is 10.8. The second-order valence-corrected chi connectivity index (χ2v) is 11.1. The number of anilines is 1. The normalized spacial score (nSPS) is 20.1. The van der Waals surface area contributed by atoms with Crippen LogP contribution in [-0.2, 0) is 9.53 Å². The monoisotopic (exact) mass is 528 g/mol. The lowest BCUT2D eigenvalue weighted by Gasteiger charge is -2.38. The molecule has 0 aliphatic carbocycles. The Bertz CT molecular complexity index is 1390. The van der Waals surface area contributed by atoms with Crippen LogP contribution in [0.4, 0.5) is 5.69 Å². The summed E-state index contributed by atoms with van der Waals surface area (Å²) in [5, 5.41) is 1.73. The number of carbonyl (C=O) groups is 1. The Kier molecular flexibility index (Phi) is 7.14. The number of aliphatic imine (C=N–C) groups is 1. The van der Waals surface area contributed by atoms with Crippen LogP contribution in [0.1, 0.15) is 19.4 Å². The number of benzene rings is 2. The molecule has 0 atom stereocenters. The highest BCUT2D eigenvalue weighted by molar-refractivity contribution is 8.18. The Morgan fingerprint density at radius 3 is 2.42 bits per heavy atom. The molecule has 0 N–H and O–H groups in total. The van der Waals surface area contributed by atoms with Crippen molar-refractivity contribution >= 4 is 45.5 Å². The van der Waals surface area contributed by atoms with E-state index in [4.69, 9.17) is 4.74 Å². The molecule has 8 nitrogen and oxygen atoms in total. The predicted octanol–water partition coefficient (Wildman–Crippen LogP) is 4.13. The molecule has 2 saturated heterocycles. The van der Waals surface area contributed by atoms with E-state index in [1.807, 2.05) is 18.2 Å². The van der Waals surface area contributed by atoms with Crippen LogP contribution in [0.25, 0.3) is 28.2 Å². The summed E-state index contributed by atoms with van der Waals surface area (Å²) in [5.41, 5.74) is 5.00. The summed E-state index contributed by atoms with van der Waals surface area (Å²) >= 11 is 1.44. The molecule has 1 amide bonds. The fraction of sp³-hybridized carbons (Fsp3) is 0.379. The molecule has 0 radical (unpaired) electrons. The van der Waals surface area contributed by atoms with Gasteiger partial charge in [0.15, 0.2) is 5.17 Å². The van der Waals surface area contributed by atoms with Gasteiger partial charge in [-0.2, -0.15) is 4.99 Å². The molecule has 0 bridgehead atoms. The van der Waals surface area contributed by atoms with Crippen molar-refractivity contribution in [3.63, 3.8) is 0 Å². The summed E-state index contributed by atoms with van der Waals surface area (Å²) in [5.74, 6) is -0.189. The summed E-state index contributed by atoms with van der Waals surface area (Å²) in [7, 11) is 0. The minimum atomic E-state index is -0.189. The highest BCUT2D eigenvalue weighted by Gasteiger charge is 2.27. The van der Waals surface area contributed by atoms with Crippen molar-refractivity contribution in [1.29, 1.82) is 0 Å². The maximum atomic E-state index is 12.6. The van der Waals surface area contributed by atoms with Crippen molar-refractivity contribution in [3.8, 4) is 11.3 Å². The molecule has 4 heterocycles. The molecule has 1 aromatic heterocycles. The van der Waals surface area contributed by atoms with Gasteiger partial charge in [-0.1, -0.05) is 18.2 Å². The number of piperazine rings is 1. The topological polar surface area (TPSA) is 74.2 Å². The number of carbonyl (C=O) groups excluding carboxylic acids is 1. The van der Waals surface area contributed by atoms with Gasteiger partial charge in [-0.3, -0.25) is 9.69 Å². The molecule has 0 saturated carbocycles. The van der Waals surface area contributed by atoms with Crippen molar-refractivity contribution in [2.45, 2.75) is 19.9 Å². The van der Waals surface area contributed by atoms with E-state index in [0.29, 0.717) is 24.2 Å². The molecular weight excluding hydrogens is 496 g/mol. The number of thioether (sulfide) groups is 1. The van der Waals surface area contributed by atoms with Gasteiger partial charge in [0.25, 0.3) is 5.91 Å². The molecule has 38 heavy (non-hydrogen) atoms. The number of amides is 1. The number of rotatable bonds is 4. The van der Waals surface area contributed by atoms with Gasteiger partial charge in [-0.05, 0) is 61.5 Å². The van der Waals surface area contributed by atoms with Crippen molar-refractivity contribution < 1.29 is 9.53 Å². The van der Waals surface area contributed by atoms with Crippen LogP contribution in [0.3, 0.4) is 0 Å². The first-order valence-electron chi connectivity index (χ1n) is 13.2. The van der Waals surface area contributed by atoms with E-state index in [0.717, 1.165) is 72.2 Å². The predicted molar refractivity (Wildman–Crippen MR) is 154 cm³/mol. The molecule has 3 aliphatic heterocycles. The smallest absolute Gasteiger partial charge is 0.286 e. The summed E-state index contributed by atoms with van der Waals surface area (Å²) in [4.78, 5) is 33.8. The van der Waals surface area contributed by atoms with Crippen LogP contribution >= 0.6 is 11.8 Å². The van der Waals surface area contributed by atoms with Crippen molar-refractivity contribution in [2.24, 2.45) is 4.99 Å². The lowest BCUT2D eigenvalue weighted by molar-refractivity contribution is -0.113. The standard InChI is InChI=1S/C29H32N6O2S/c1-20(2)33-9-11-34(12-10-33)23-6-4-22(5-7-23)27-24-17-21(3-8-25(24)30-19-31-27)18-26-28(36)32-29(38-26)35-13-15-37-16-14-35/h3-8,17-20H,9-16H2,1-2H3. The average molecular weight is 529 g/mol. The molecule has 0 spiro atoms. The van der Waals surface area contributed by atoms with Gasteiger partial charge in [0.05, 0.1) is 29.3 Å². The van der Waals surface area contributed by atoms with Gasteiger partial charge in [0, 0.05) is 61.9 Å². The number of hydrogen-bond donors (Lipinski definition) is 0. The Balaban J connectivity index is 1.22. The fourth-order valence-corrected chi connectivity index (χ4v) is 6.12. The van der Waals surface area contributed by atoms with E-state index in [-0.39, 0.29) is 5.91 Å². The fourth-order valence-electron chi connectivity index (χ4n) is 5.16. The lowest BCUT2D eigenvalue weighted by atomic mass is 10.0. The van der Waals surface area contributed by atoms with Gasteiger partial charge in [0.1, 0.15) is 6.33 Å². The number of ether oxygens (including phenoxy) is 1. The number of fused-ring (bicyclic) bond motifs is 1. The summed E-state index contributed by atoms with van der Waals surface area (Å²) in [6.07, 6.45) is 3.54. The van der Waals surface area contributed by atoms with Crippen molar-refractivity contribution in [1.82, 2.24) is 19.8 Å². The SMILES string of the molecule is CC(C)N1CCN(c2ccc(-c3ncnc4ccc(C=C5SC(N6CCOCC6)=NC5=O)cc34)cc2)CC1. The first kappa shape index (κ1) is 25.0. The average Bonchev–Trinajstić information content (AvgIpc) is 3.33. The van der Waals surface area contributed by atoms with E-state index >= 15 is 0 Å². The maximum absolute atomic E-state index is 12.6. The molecular formula is C29H32N6O2S. The number of aromatic nitrogens is 2. The zero-order chi connectivity index (χ0) is 26.1. The minimum Gasteiger partial charge on any atom is -0.378 e. The number of hydrogen-bond acceptors (Lipinski definition) is 8. The van der Waals surface area contributed by atoms with Crippen LogP contribution < -0.4 is 4.90 Å². The zero-order valence-corrected chi connectivity index (χ0v) is 22.7. The molecule has 2 aromatic carbocycles. The molecule has 196 valence electrons. The van der Waals surface area contributed by atoms with Crippen LogP contribution in [0.5, 0.6) is 0 Å². The third-order valence-corrected chi connectivity index (χ3v) is 8.44. The lowest BCUT2D eigenvalue weighted by Crippen LogP contribution is -2.48. The van der Waals surface area contributed by atoms with E-state index in [1.165, 1.54) is 17.4 Å². The number of morpholine rings is 1. The first-order chi connectivity index (χ1) is 18.5. The molecule has 6 rings (SSSR count). The minimum absolute atomic E-state index is 0.189. The molecule has 3 aliphatic rings. The maximum Gasteiger partial charge on any atom is 0.286 e. The Morgan fingerprint density at radius 2 is 1.68 bits per heavy atom. The zero-order valence-electron chi connectivity index (χ0n) is 21.8. The Morgan fingerprint density at radius 1 is 0.921 bits per heavy atom. The van der Waals surface area contributed by atoms with Crippen molar-refractivity contribution in [3.05, 3.63) is 59.3 Å². The molecule has 2 fully saturated rings. The summed E-state index contributed by atoms with van der Waals surface area (Å²) in [6.45, 7) is 11.6. The van der Waals surface area contributed by atoms with E-state index in [9.17, 15) is 4.79 Å². The van der Waals surface area contributed by atoms with Gasteiger partial charge < -0.3 is 14.5 Å². The summed E-state index contributed by atoms with van der Waals surface area (Å²) in [6, 6.07) is 15.3. The van der Waals surface area contributed by atoms with Gasteiger partial charge in [-0.15, -0.1) is 0 Å². The van der Waals surface area contributed by atoms with Crippen LogP contribution in [-0.4, -0.2) is 89.4 Å². The quantitative estimate of drug-likeness (QED) is 0.468. The van der Waals surface area contributed by atoms with Gasteiger partial charge >= 0.3 is 0 Å². The molecule has 0 unspecified atom stereocenters. The van der Waals surface area contributed by atoms with Crippen LogP contribution in [0.2, 0.25) is 0 Å².